The molecule has 0 saturated carbocycles. The molecule has 2 atom stereocenters. The molecule has 3 aliphatic rings. The molecule has 0 unspecified atom stereocenters. The number of carbonyl (C=O) groups is 1. The quantitative estimate of drug-likeness (QED) is 0.897. The number of aromatic nitrogens is 3. The molecule has 3 fully saturated rings. The number of piperidine rings is 1. The van der Waals surface area contributed by atoms with E-state index in [9.17, 15) is 4.79 Å². The highest BCUT2D eigenvalue weighted by Crippen LogP contribution is 2.32. The van der Waals surface area contributed by atoms with Gasteiger partial charge in [-0.2, -0.15) is 4.98 Å². The molecule has 0 aliphatic carbocycles. The highest BCUT2D eigenvalue weighted by molar-refractivity contribution is 5.81. The van der Waals surface area contributed by atoms with Gasteiger partial charge in [-0.25, -0.2) is 4.98 Å². The lowest BCUT2D eigenvalue weighted by Crippen LogP contribution is -2.47. The molecule has 3 saturated heterocycles. The lowest BCUT2D eigenvalue weighted by atomic mass is 9.93. The van der Waals surface area contributed by atoms with Crippen molar-refractivity contribution in [1.82, 2.24) is 20.0 Å². The van der Waals surface area contributed by atoms with E-state index in [0.29, 0.717) is 24.9 Å². The Kier molecular flexibility index (Phi) is 3.82. The summed E-state index contributed by atoms with van der Waals surface area (Å²) in [7, 11) is 0. The van der Waals surface area contributed by atoms with E-state index < -0.39 is 0 Å². The molecule has 0 radical (unpaired) electrons. The molecule has 8 nitrogen and oxygen atoms in total. The molecule has 1 amide bonds. The van der Waals surface area contributed by atoms with Crippen LogP contribution in [-0.2, 0) is 11.3 Å². The number of anilines is 2. The van der Waals surface area contributed by atoms with E-state index in [1.165, 1.54) is 0 Å². The molecule has 5 rings (SSSR count). The average molecular weight is 342 g/mol. The minimum Gasteiger partial charge on any atom is -0.384 e. The number of nitrogens with two attached hydrogens (primary N) is 1. The van der Waals surface area contributed by atoms with E-state index in [-0.39, 0.29) is 17.9 Å². The Morgan fingerprint density at radius 1 is 1.32 bits per heavy atom. The summed E-state index contributed by atoms with van der Waals surface area (Å²) in [5.74, 6) is 1.98. The third-order valence-corrected chi connectivity index (χ3v) is 5.25. The molecule has 2 aromatic heterocycles. The second-order valence-electron chi connectivity index (χ2n) is 6.88. The molecule has 0 spiro atoms. The van der Waals surface area contributed by atoms with Crippen molar-refractivity contribution >= 4 is 17.7 Å². The molecular weight excluding hydrogens is 320 g/mol. The van der Waals surface area contributed by atoms with Crippen molar-refractivity contribution in [2.75, 3.05) is 23.7 Å². The standard InChI is InChI=1S/C17H22N6O2/c1-10-14(11(2)25-21-10)9-23-13-4-3-12(16(23)24)7-22(8-13)17-19-6-5-15(18)20-17/h5-6,12-13H,3-4,7-9H2,1-2H3,(H2,18,19,20)/t12-,13+/m1/s1. The highest BCUT2D eigenvalue weighted by Gasteiger charge is 2.41. The molecule has 3 aliphatic heterocycles. The normalized spacial score (nSPS) is 23.2. The first-order chi connectivity index (χ1) is 12.0. The number of fused-ring (bicyclic) bond motifs is 4. The van der Waals surface area contributed by atoms with Gasteiger partial charge in [-0.05, 0) is 32.8 Å². The molecule has 5 heterocycles. The second kappa shape index (κ2) is 6.02. The van der Waals surface area contributed by atoms with Crippen LogP contribution in [0.1, 0.15) is 29.9 Å². The zero-order valence-corrected chi connectivity index (χ0v) is 14.5. The van der Waals surface area contributed by atoms with Crippen LogP contribution in [0.5, 0.6) is 0 Å². The molecule has 25 heavy (non-hydrogen) atoms. The Morgan fingerprint density at radius 2 is 2.16 bits per heavy atom. The number of hydrogen-bond donors (Lipinski definition) is 1. The lowest BCUT2D eigenvalue weighted by Gasteiger charge is -2.35. The number of hydrogen-bond acceptors (Lipinski definition) is 7. The second-order valence-corrected chi connectivity index (χ2v) is 6.88. The fraction of sp³-hybridized carbons (Fsp3) is 0.529. The summed E-state index contributed by atoms with van der Waals surface area (Å²) in [4.78, 5) is 25.7. The fourth-order valence-electron chi connectivity index (χ4n) is 3.82. The van der Waals surface area contributed by atoms with Gasteiger partial charge in [0.1, 0.15) is 11.6 Å². The van der Waals surface area contributed by atoms with Gasteiger partial charge in [0.25, 0.3) is 0 Å². The van der Waals surface area contributed by atoms with Crippen molar-refractivity contribution in [3.63, 3.8) is 0 Å². The van der Waals surface area contributed by atoms with E-state index in [0.717, 1.165) is 36.4 Å². The van der Waals surface area contributed by atoms with Crippen LogP contribution in [0, 0.1) is 19.8 Å². The van der Waals surface area contributed by atoms with Gasteiger partial charge in [0.15, 0.2) is 0 Å². The van der Waals surface area contributed by atoms with Crippen molar-refractivity contribution in [2.24, 2.45) is 5.92 Å². The van der Waals surface area contributed by atoms with Crippen molar-refractivity contribution in [2.45, 2.75) is 39.3 Å². The maximum atomic E-state index is 13.0. The van der Waals surface area contributed by atoms with Crippen LogP contribution in [0.15, 0.2) is 16.8 Å². The predicted octanol–water partition coefficient (Wildman–Crippen LogP) is 1.29. The predicted molar refractivity (Wildman–Crippen MR) is 91.7 cm³/mol. The van der Waals surface area contributed by atoms with Gasteiger partial charge in [-0.1, -0.05) is 5.16 Å². The Labute approximate surface area is 146 Å². The minimum absolute atomic E-state index is 0.0377. The SMILES string of the molecule is Cc1noc(C)c1CN1C(=O)[C@@H]2CC[C@H]1CN(c1nccc(N)n1)C2. The molecule has 0 aromatic carbocycles. The van der Waals surface area contributed by atoms with Crippen LogP contribution in [0.2, 0.25) is 0 Å². The van der Waals surface area contributed by atoms with Crippen LogP contribution in [0.25, 0.3) is 0 Å². The number of aryl methyl sites for hydroxylation is 2. The highest BCUT2D eigenvalue weighted by atomic mass is 16.5. The molecular formula is C17H22N6O2. The van der Waals surface area contributed by atoms with Gasteiger partial charge < -0.3 is 20.1 Å². The summed E-state index contributed by atoms with van der Waals surface area (Å²) >= 11 is 0. The van der Waals surface area contributed by atoms with Crippen molar-refractivity contribution in [3.8, 4) is 0 Å². The molecule has 2 bridgehead atoms. The van der Waals surface area contributed by atoms with Crippen molar-refractivity contribution in [3.05, 3.63) is 29.3 Å². The van der Waals surface area contributed by atoms with Gasteiger partial charge in [-0.3, -0.25) is 4.79 Å². The zero-order valence-electron chi connectivity index (χ0n) is 14.5. The minimum atomic E-state index is -0.0377. The molecule has 2 aromatic rings. The topological polar surface area (TPSA) is 101 Å². The Bertz CT molecular complexity index is 785. The number of nitrogens with zero attached hydrogens (tertiary/aromatic N) is 5. The average Bonchev–Trinajstić information content (AvgIpc) is 2.78. The summed E-state index contributed by atoms with van der Waals surface area (Å²) in [6.45, 7) is 5.71. The number of rotatable bonds is 3. The van der Waals surface area contributed by atoms with Crippen LogP contribution >= 0.6 is 0 Å². The number of amides is 1. The third-order valence-electron chi connectivity index (χ3n) is 5.25. The molecule has 2 N–H and O–H groups in total. The van der Waals surface area contributed by atoms with E-state index >= 15 is 0 Å². The first-order valence-corrected chi connectivity index (χ1v) is 8.58. The van der Waals surface area contributed by atoms with Gasteiger partial charge in [0.05, 0.1) is 18.2 Å². The third kappa shape index (κ3) is 2.81. The Morgan fingerprint density at radius 3 is 2.88 bits per heavy atom. The van der Waals surface area contributed by atoms with Crippen LogP contribution in [0.4, 0.5) is 11.8 Å². The van der Waals surface area contributed by atoms with Gasteiger partial charge >= 0.3 is 0 Å². The Hall–Kier alpha value is -2.64. The van der Waals surface area contributed by atoms with E-state index in [1.807, 2.05) is 18.7 Å². The monoisotopic (exact) mass is 342 g/mol. The first-order valence-electron chi connectivity index (χ1n) is 8.58. The first kappa shape index (κ1) is 15.9. The van der Waals surface area contributed by atoms with E-state index in [2.05, 4.69) is 20.0 Å². The Balaban J connectivity index is 1.61. The maximum Gasteiger partial charge on any atom is 0.228 e. The summed E-state index contributed by atoms with van der Waals surface area (Å²) in [6, 6.07) is 1.80. The van der Waals surface area contributed by atoms with Crippen molar-refractivity contribution in [1.29, 1.82) is 0 Å². The molecule has 132 valence electrons. The van der Waals surface area contributed by atoms with Crippen LogP contribution in [0.3, 0.4) is 0 Å². The fourth-order valence-corrected chi connectivity index (χ4v) is 3.82. The number of carbonyl (C=O) groups excluding carboxylic acids is 1. The van der Waals surface area contributed by atoms with Crippen LogP contribution < -0.4 is 10.6 Å². The smallest absolute Gasteiger partial charge is 0.228 e. The number of nitrogen functional groups attached to an aromatic ring is 1. The van der Waals surface area contributed by atoms with Gasteiger partial charge in [0, 0.05) is 30.9 Å². The largest absolute Gasteiger partial charge is 0.384 e. The van der Waals surface area contributed by atoms with E-state index in [4.69, 9.17) is 10.3 Å². The molecule has 8 heteroatoms. The van der Waals surface area contributed by atoms with Gasteiger partial charge in [-0.15, -0.1) is 0 Å². The lowest BCUT2D eigenvalue weighted by molar-refractivity contribution is -0.140. The summed E-state index contributed by atoms with van der Waals surface area (Å²) in [5, 5.41) is 4.01. The van der Waals surface area contributed by atoms with E-state index in [1.54, 1.807) is 12.3 Å². The summed E-state index contributed by atoms with van der Waals surface area (Å²) in [6.07, 6.45) is 3.55. The maximum absolute atomic E-state index is 13.0. The summed E-state index contributed by atoms with van der Waals surface area (Å²) in [5.41, 5.74) is 7.65. The van der Waals surface area contributed by atoms with Crippen molar-refractivity contribution < 1.29 is 9.32 Å². The van der Waals surface area contributed by atoms with Crippen LogP contribution in [-0.4, -0.2) is 45.1 Å². The summed E-state index contributed by atoms with van der Waals surface area (Å²) < 4.78 is 5.25. The zero-order chi connectivity index (χ0) is 17.6. The van der Waals surface area contributed by atoms with Gasteiger partial charge in [0.2, 0.25) is 11.9 Å².